The van der Waals surface area contributed by atoms with Crippen molar-refractivity contribution in [3.8, 4) is 11.5 Å². The van der Waals surface area contributed by atoms with Gasteiger partial charge in [0.1, 0.15) is 17.9 Å². The van der Waals surface area contributed by atoms with Crippen molar-refractivity contribution in [3.63, 3.8) is 0 Å². The van der Waals surface area contributed by atoms with E-state index in [2.05, 4.69) is 103 Å². The first-order valence-electron chi connectivity index (χ1n) is 10.0. The molecule has 4 rings (SSSR count). The summed E-state index contributed by atoms with van der Waals surface area (Å²) in [6.45, 7) is 0. The van der Waals surface area contributed by atoms with Gasteiger partial charge in [0.05, 0.1) is 20.4 Å². The summed E-state index contributed by atoms with van der Waals surface area (Å²) in [6.07, 6.45) is 0.908. The van der Waals surface area contributed by atoms with E-state index in [1.165, 1.54) is 21.5 Å². The first-order valence-corrected chi connectivity index (χ1v) is 12.0. The molecule has 0 saturated carbocycles. The third kappa shape index (κ3) is 4.54. The predicted molar refractivity (Wildman–Crippen MR) is 128 cm³/mol. The second-order valence-electron chi connectivity index (χ2n) is 7.14. The van der Waals surface area contributed by atoms with Crippen molar-refractivity contribution in [1.82, 2.24) is 0 Å². The summed E-state index contributed by atoms with van der Waals surface area (Å²) in [7, 11) is 1.35. The molecule has 0 unspecified atom stereocenters. The Morgan fingerprint density at radius 1 is 0.581 bits per heavy atom. The number of rotatable bonds is 7. The maximum atomic E-state index is 5.96. The van der Waals surface area contributed by atoms with E-state index in [1.54, 1.807) is 14.2 Å². The number of halogens is 1. The number of para-hydroxylation sites is 1. The summed E-state index contributed by atoms with van der Waals surface area (Å²) >= 11 is 0. The van der Waals surface area contributed by atoms with Gasteiger partial charge in [-0.05, 0) is 42.0 Å². The van der Waals surface area contributed by atoms with Gasteiger partial charge in [0.25, 0.3) is 0 Å². The molecule has 0 spiro atoms. The van der Waals surface area contributed by atoms with Crippen LogP contribution in [0.3, 0.4) is 0 Å². The summed E-state index contributed by atoms with van der Waals surface area (Å²) in [5.74, 6) is 1.58. The van der Waals surface area contributed by atoms with Gasteiger partial charge in [-0.15, -0.1) is 0 Å². The van der Waals surface area contributed by atoms with Crippen LogP contribution in [0.25, 0.3) is 0 Å². The number of benzene rings is 4. The van der Waals surface area contributed by atoms with Gasteiger partial charge in [-0.25, -0.2) is 0 Å². The van der Waals surface area contributed by atoms with Gasteiger partial charge in [-0.3, -0.25) is 0 Å². The fourth-order valence-corrected chi connectivity index (χ4v) is 8.49. The van der Waals surface area contributed by atoms with Gasteiger partial charge in [0.15, 0.2) is 11.1 Å². The first kappa shape index (κ1) is 23.1. The molecular formula is C27H26BrO2P. The normalized spacial score (nSPS) is 10.8. The van der Waals surface area contributed by atoms with Gasteiger partial charge in [-0.1, -0.05) is 72.8 Å². The lowest BCUT2D eigenvalue weighted by molar-refractivity contribution is -0.00000640. The van der Waals surface area contributed by atoms with Crippen molar-refractivity contribution < 1.29 is 26.5 Å². The van der Waals surface area contributed by atoms with Gasteiger partial charge < -0.3 is 26.5 Å². The highest BCUT2D eigenvalue weighted by Crippen LogP contribution is 2.60. The van der Waals surface area contributed by atoms with Crippen LogP contribution in [0.5, 0.6) is 11.5 Å². The third-order valence-electron chi connectivity index (χ3n) is 5.45. The zero-order chi connectivity index (χ0) is 20.8. The Balaban J connectivity index is 0.00000272. The van der Waals surface area contributed by atoms with Crippen molar-refractivity contribution in [3.05, 3.63) is 115 Å². The minimum Gasteiger partial charge on any atom is -1.00 e. The van der Waals surface area contributed by atoms with Crippen LogP contribution in [-0.2, 0) is 6.16 Å². The molecule has 0 fully saturated rings. The molecule has 0 aromatic heterocycles. The molecule has 4 aromatic rings. The number of ether oxygens (including phenoxy) is 2. The number of methoxy groups -OCH3 is 2. The van der Waals surface area contributed by atoms with Crippen LogP contribution < -0.4 is 42.4 Å². The lowest BCUT2D eigenvalue weighted by Crippen LogP contribution is -3.00. The molecule has 0 bridgehead atoms. The van der Waals surface area contributed by atoms with E-state index in [1.807, 2.05) is 6.07 Å². The summed E-state index contributed by atoms with van der Waals surface area (Å²) in [5, 5.41) is 3.85. The Labute approximate surface area is 196 Å². The van der Waals surface area contributed by atoms with E-state index in [0.717, 1.165) is 17.7 Å². The topological polar surface area (TPSA) is 18.5 Å². The fraction of sp³-hybridized carbons (Fsp3) is 0.111. The predicted octanol–water partition coefficient (Wildman–Crippen LogP) is 2.20. The molecule has 0 aliphatic rings. The SMILES string of the molecule is COc1cccc([P+](Cc2ccccc2)(c2ccccc2)c2ccccc2)c1OC.[Br-]. The summed E-state index contributed by atoms with van der Waals surface area (Å²) in [5.41, 5.74) is 1.31. The molecule has 158 valence electrons. The standard InChI is InChI=1S/C27H26O2P.BrH/c1-28-25-19-12-20-26(27(25)29-2)30(23-15-8-4-9-16-23,24-17-10-5-11-18-24)21-22-13-6-3-7-14-22;/h3-20H,21H2,1-2H3;1H/q+1;/p-1. The van der Waals surface area contributed by atoms with Gasteiger partial charge in [-0.2, -0.15) is 0 Å². The molecule has 4 heteroatoms. The van der Waals surface area contributed by atoms with Crippen LogP contribution in [0.15, 0.2) is 109 Å². The number of hydrogen-bond acceptors (Lipinski definition) is 2. The van der Waals surface area contributed by atoms with Crippen molar-refractivity contribution >= 4 is 23.2 Å². The molecule has 0 atom stereocenters. The Kier molecular flexibility index (Phi) is 7.90. The minimum atomic E-state index is -2.07. The zero-order valence-electron chi connectivity index (χ0n) is 17.7. The van der Waals surface area contributed by atoms with E-state index in [4.69, 9.17) is 9.47 Å². The summed E-state index contributed by atoms with van der Waals surface area (Å²) in [4.78, 5) is 0. The van der Waals surface area contributed by atoms with E-state index in [9.17, 15) is 0 Å². The Bertz CT molecular complexity index is 1050. The van der Waals surface area contributed by atoms with Gasteiger partial charge >= 0.3 is 0 Å². The monoisotopic (exact) mass is 492 g/mol. The molecule has 4 aromatic carbocycles. The van der Waals surface area contributed by atoms with E-state index in [-0.39, 0.29) is 17.0 Å². The molecule has 2 nitrogen and oxygen atoms in total. The highest BCUT2D eigenvalue weighted by atomic mass is 79.9. The maximum Gasteiger partial charge on any atom is 0.204 e. The molecule has 0 radical (unpaired) electrons. The van der Waals surface area contributed by atoms with Crippen LogP contribution in [0.4, 0.5) is 0 Å². The molecular weight excluding hydrogens is 467 g/mol. The average Bonchev–Trinajstić information content (AvgIpc) is 2.83. The van der Waals surface area contributed by atoms with Crippen LogP contribution in [0.1, 0.15) is 5.56 Å². The third-order valence-corrected chi connectivity index (χ3v) is 9.82. The fourth-order valence-electron chi connectivity index (χ4n) is 4.09. The highest BCUT2D eigenvalue weighted by molar-refractivity contribution is 7.95. The molecule has 0 aliphatic heterocycles. The largest absolute Gasteiger partial charge is 1.00 e. The molecule has 0 heterocycles. The van der Waals surface area contributed by atoms with E-state index >= 15 is 0 Å². The zero-order valence-corrected chi connectivity index (χ0v) is 20.2. The van der Waals surface area contributed by atoms with Crippen molar-refractivity contribution in [2.45, 2.75) is 6.16 Å². The lowest BCUT2D eigenvalue weighted by atomic mass is 10.2. The molecule has 0 aliphatic carbocycles. The second-order valence-corrected chi connectivity index (χ2v) is 10.6. The van der Waals surface area contributed by atoms with Crippen molar-refractivity contribution in [1.29, 1.82) is 0 Å². The quantitative estimate of drug-likeness (QED) is 0.368. The minimum absolute atomic E-state index is 0. The summed E-state index contributed by atoms with van der Waals surface area (Å²) in [6, 6.07) is 38.7. The van der Waals surface area contributed by atoms with Crippen LogP contribution in [0, 0.1) is 0 Å². The van der Waals surface area contributed by atoms with Gasteiger partial charge in [0.2, 0.25) is 5.75 Å². The molecule has 31 heavy (non-hydrogen) atoms. The Hall–Kier alpha value is -2.61. The lowest BCUT2D eigenvalue weighted by Gasteiger charge is -2.29. The second kappa shape index (κ2) is 10.6. The average molecular weight is 493 g/mol. The van der Waals surface area contributed by atoms with Crippen LogP contribution in [0.2, 0.25) is 0 Å². The van der Waals surface area contributed by atoms with Crippen LogP contribution in [-0.4, -0.2) is 14.2 Å². The Morgan fingerprint density at radius 2 is 1.10 bits per heavy atom. The van der Waals surface area contributed by atoms with Gasteiger partial charge in [0, 0.05) is 0 Å². The van der Waals surface area contributed by atoms with E-state index in [0.29, 0.717) is 0 Å². The molecule has 0 amide bonds. The summed E-state index contributed by atoms with van der Waals surface area (Å²) < 4.78 is 11.6. The number of hydrogen-bond donors (Lipinski definition) is 0. The van der Waals surface area contributed by atoms with Crippen LogP contribution >= 0.6 is 7.26 Å². The van der Waals surface area contributed by atoms with Crippen molar-refractivity contribution in [2.24, 2.45) is 0 Å². The van der Waals surface area contributed by atoms with E-state index < -0.39 is 7.26 Å². The first-order chi connectivity index (χ1) is 14.8. The maximum absolute atomic E-state index is 5.96. The molecule has 0 N–H and O–H groups in total. The smallest absolute Gasteiger partial charge is 0.204 e. The Morgan fingerprint density at radius 3 is 1.58 bits per heavy atom. The highest BCUT2D eigenvalue weighted by Gasteiger charge is 2.48. The van der Waals surface area contributed by atoms with Crippen molar-refractivity contribution in [2.75, 3.05) is 14.2 Å². The molecule has 0 saturated heterocycles.